The van der Waals surface area contributed by atoms with Crippen LogP contribution in [0.25, 0.3) is 0 Å². The Morgan fingerprint density at radius 3 is 2.74 bits per heavy atom. The van der Waals surface area contributed by atoms with E-state index in [1.807, 2.05) is 11.8 Å². The molecule has 0 atom stereocenters. The number of rotatable bonds is 8. The maximum absolute atomic E-state index is 12.4. The Morgan fingerprint density at radius 2 is 2.16 bits per heavy atom. The van der Waals surface area contributed by atoms with Gasteiger partial charge in [0.2, 0.25) is 0 Å². The van der Waals surface area contributed by atoms with Crippen LogP contribution >= 0.6 is 0 Å². The average molecular weight is 266 g/mol. The molecule has 1 aromatic rings. The molecule has 0 unspecified atom stereocenters. The number of nitrogens with zero attached hydrogens (tertiary/aromatic N) is 3. The van der Waals surface area contributed by atoms with Crippen LogP contribution in [0.3, 0.4) is 0 Å². The van der Waals surface area contributed by atoms with Crippen molar-refractivity contribution in [3.63, 3.8) is 0 Å². The summed E-state index contributed by atoms with van der Waals surface area (Å²) in [5, 5.41) is 3.27. The second-order valence-electron chi connectivity index (χ2n) is 5.04. The van der Waals surface area contributed by atoms with Gasteiger partial charge in [0.1, 0.15) is 0 Å². The highest BCUT2D eigenvalue weighted by atomic mass is 16.1. The van der Waals surface area contributed by atoms with Gasteiger partial charge in [-0.2, -0.15) is 0 Å². The highest BCUT2D eigenvalue weighted by Gasteiger charge is 2.12. The minimum atomic E-state index is 0.00884. The molecule has 5 nitrogen and oxygen atoms in total. The van der Waals surface area contributed by atoms with Crippen LogP contribution in [0.2, 0.25) is 0 Å². The van der Waals surface area contributed by atoms with Crippen molar-refractivity contribution in [1.82, 2.24) is 14.9 Å². The lowest BCUT2D eigenvalue weighted by molar-refractivity contribution is 0.507. The second kappa shape index (κ2) is 7.94. The summed E-state index contributed by atoms with van der Waals surface area (Å²) in [6.45, 7) is 12.5. The maximum Gasteiger partial charge on any atom is 0.293 e. The molecule has 5 heteroatoms. The first-order valence-electron chi connectivity index (χ1n) is 7.11. The highest BCUT2D eigenvalue weighted by molar-refractivity contribution is 5.35. The first-order valence-corrected chi connectivity index (χ1v) is 7.11. The van der Waals surface area contributed by atoms with Crippen molar-refractivity contribution in [3.8, 4) is 0 Å². The monoisotopic (exact) mass is 266 g/mol. The topological polar surface area (TPSA) is 50.2 Å². The minimum Gasteiger partial charge on any atom is -0.351 e. The van der Waals surface area contributed by atoms with Crippen molar-refractivity contribution in [2.45, 2.75) is 34.2 Å². The normalized spacial score (nSPS) is 11.0. The van der Waals surface area contributed by atoms with Gasteiger partial charge in [0.15, 0.2) is 5.82 Å². The molecule has 19 heavy (non-hydrogen) atoms. The van der Waals surface area contributed by atoms with Gasteiger partial charge in [0, 0.05) is 38.6 Å². The van der Waals surface area contributed by atoms with Crippen molar-refractivity contribution < 1.29 is 0 Å². The zero-order valence-corrected chi connectivity index (χ0v) is 12.5. The molecule has 0 aliphatic carbocycles. The molecular formula is C14H26N4O. The maximum atomic E-state index is 12.4. The summed E-state index contributed by atoms with van der Waals surface area (Å²) in [6.07, 6.45) is 3.49. The lowest BCUT2D eigenvalue weighted by Gasteiger charge is -2.22. The lowest BCUT2D eigenvalue weighted by atomic mass is 10.2. The molecule has 0 amide bonds. The standard InChI is InChI=1S/C14H26N4O/c1-5-15-7-9-17(6-2)13-14(19)18(10-8-16-13)11-12(3)4/h8,10,12,15H,5-7,9,11H2,1-4H3. The largest absolute Gasteiger partial charge is 0.351 e. The van der Waals surface area contributed by atoms with Gasteiger partial charge < -0.3 is 14.8 Å². The molecule has 108 valence electrons. The SMILES string of the molecule is CCNCCN(CC)c1nccn(CC(C)C)c1=O. The second-order valence-corrected chi connectivity index (χ2v) is 5.04. The zero-order chi connectivity index (χ0) is 14.3. The van der Waals surface area contributed by atoms with Gasteiger partial charge in [-0.15, -0.1) is 0 Å². The molecule has 0 saturated carbocycles. The number of hydrogen-bond acceptors (Lipinski definition) is 4. The van der Waals surface area contributed by atoms with Crippen LogP contribution < -0.4 is 15.8 Å². The number of nitrogens with one attached hydrogen (secondary N) is 1. The van der Waals surface area contributed by atoms with E-state index in [4.69, 9.17) is 0 Å². The third kappa shape index (κ3) is 4.67. The molecule has 1 N–H and O–H groups in total. The van der Waals surface area contributed by atoms with Gasteiger partial charge in [0.25, 0.3) is 5.56 Å². The molecule has 1 rings (SSSR count). The van der Waals surface area contributed by atoms with Gasteiger partial charge in [-0.25, -0.2) is 4.98 Å². The molecule has 0 aromatic carbocycles. The Bertz CT molecular complexity index is 428. The molecule has 0 fully saturated rings. The van der Waals surface area contributed by atoms with E-state index in [0.29, 0.717) is 11.7 Å². The van der Waals surface area contributed by atoms with Gasteiger partial charge >= 0.3 is 0 Å². The van der Waals surface area contributed by atoms with E-state index >= 15 is 0 Å². The first-order chi connectivity index (χ1) is 9.10. The third-order valence-electron chi connectivity index (χ3n) is 2.95. The van der Waals surface area contributed by atoms with Crippen molar-refractivity contribution in [2.75, 3.05) is 31.1 Å². The summed E-state index contributed by atoms with van der Waals surface area (Å²) in [6, 6.07) is 0. The van der Waals surface area contributed by atoms with E-state index < -0.39 is 0 Å². The fourth-order valence-electron chi connectivity index (χ4n) is 1.99. The van der Waals surface area contributed by atoms with Gasteiger partial charge in [-0.05, 0) is 19.4 Å². The van der Waals surface area contributed by atoms with Crippen molar-refractivity contribution in [3.05, 3.63) is 22.7 Å². The molecule has 0 spiro atoms. The summed E-state index contributed by atoms with van der Waals surface area (Å²) in [7, 11) is 0. The molecule has 0 aliphatic heterocycles. The fourth-order valence-corrected chi connectivity index (χ4v) is 1.99. The number of aromatic nitrogens is 2. The van der Waals surface area contributed by atoms with Crippen LogP contribution in [0.4, 0.5) is 5.82 Å². The minimum absolute atomic E-state index is 0.00884. The molecule has 1 aromatic heterocycles. The smallest absolute Gasteiger partial charge is 0.293 e. The molecule has 0 aliphatic rings. The first kappa shape index (κ1) is 15.7. The Balaban J connectivity index is 2.88. The summed E-state index contributed by atoms with van der Waals surface area (Å²) >= 11 is 0. The molecule has 1 heterocycles. The highest BCUT2D eigenvalue weighted by Crippen LogP contribution is 2.04. The Hall–Kier alpha value is -1.36. The van der Waals surface area contributed by atoms with E-state index in [1.54, 1.807) is 17.0 Å². The van der Waals surface area contributed by atoms with Crippen LogP contribution in [0, 0.1) is 5.92 Å². The third-order valence-corrected chi connectivity index (χ3v) is 2.95. The van der Waals surface area contributed by atoms with E-state index in [1.165, 1.54) is 0 Å². The van der Waals surface area contributed by atoms with Crippen molar-refractivity contribution in [2.24, 2.45) is 5.92 Å². The zero-order valence-electron chi connectivity index (χ0n) is 12.5. The Kier molecular flexibility index (Phi) is 6.56. The number of likely N-dealkylation sites (N-methyl/N-ethyl adjacent to an activating group) is 2. The number of hydrogen-bond donors (Lipinski definition) is 1. The van der Waals surface area contributed by atoms with Crippen molar-refractivity contribution >= 4 is 5.82 Å². The van der Waals surface area contributed by atoms with E-state index in [2.05, 4.69) is 31.1 Å². The summed E-state index contributed by atoms with van der Waals surface area (Å²) in [4.78, 5) is 18.7. The fraction of sp³-hybridized carbons (Fsp3) is 0.714. The van der Waals surface area contributed by atoms with Crippen LogP contribution in [-0.2, 0) is 6.54 Å². The van der Waals surface area contributed by atoms with E-state index in [0.717, 1.165) is 32.7 Å². The molecule has 0 bridgehead atoms. The van der Waals surface area contributed by atoms with E-state index in [-0.39, 0.29) is 5.56 Å². The molecule has 0 saturated heterocycles. The Morgan fingerprint density at radius 1 is 1.42 bits per heavy atom. The number of anilines is 1. The molecule has 0 radical (unpaired) electrons. The van der Waals surface area contributed by atoms with Gasteiger partial charge in [0.05, 0.1) is 0 Å². The summed E-state index contributed by atoms with van der Waals surface area (Å²) < 4.78 is 1.75. The molecular weight excluding hydrogens is 240 g/mol. The lowest BCUT2D eigenvalue weighted by Crippen LogP contribution is -2.38. The van der Waals surface area contributed by atoms with Gasteiger partial charge in [-0.3, -0.25) is 4.79 Å². The van der Waals surface area contributed by atoms with E-state index in [9.17, 15) is 4.79 Å². The average Bonchev–Trinajstić information content (AvgIpc) is 2.37. The van der Waals surface area contributed by atoms with Crippen LogP contribution in [0.5, 0.6) is 0 Å². The predicted octanol–water partition coefficient (Wildman–Crippen LogP) is 1.34. The van der Waals surface area contributed by atoms with Crippen molar-refractivity contribution in [1.29, 1.82) is 0 Å². The van der Waals surface area contributed by atoms with Gasteiger partial charge in [-0.1, -0.05) is 20.8 Å². The van der Waals surface area contributed by atoms with Crippen LogP contribution in [0.1, 0.15) is 27.7 Å². The van der Waals surface area contributed by atoms with Crippen LogP contribution in [-0.4, -0.2) is 35.7 Å². The summed E-state index contributed by atoms with van der Waals surface area (Å²) in [5.41, 5.74) is 0.00884. The quantitative estimate of drug-likeness (QED) is 0.721. The predicted molar refractivity (Wildman–Crippen MR) is 79.8 cm³/mol. The van der Waals surface area contributed by atoms with Crippen LogP contribution in [0.15, 0.2) is 17.2 Å². The summed E-state index contributed by atoms with van der Waals surface area (Å²) in [5.74, 6) is 1.01. The Labute approximate surface area is 115 Å².